The van der Waals surface area contributed by atoms with E-state index in [1.165, 1.54) is 21.9 Å². The molecular formula is C12H17N3O3. The van der Waals surface area contributed by atoms with Crippen LogP contribution in [0.5, 0.6) is 0 Å². The van der Waals surface area contributed by atoms with E-state index in [9.17, 15) is 9.59 Å². The maximum atomic E-state index is 11.9. The summed E-state index contributed by atoms with van der Waals surface area (Å²) in [4.78, 5) is 25.7. The zero-order chi connectivity index (χ0) is 13.9. The van der Waals surface area contributed by atoms with Crippen LogP contribution in [0.15, 0.2) is 18.2 Å². The Bertz CT molecular complexity index is 472. The minimum absolute atomic E-state index is 0.101. The lowest BCUT2D eigenvalue weighted by Gasteiger charge is -2.26. The Balaban J connectivity index is 3.15. The van der Waals surface area contributed by atoms with E-state index in [1.807, 2.05) is 6.92 Å². The maximum absolute atomic E-state index is 11.9. The van der Waals surface area contributed by atoms with Gasteiger partial charge in [0, 0.05) is 20.6 Å². The Morgan fingerprint density at radius 3 is 2.33 bits per heavy atom. The monoisotopic (exact) mass is 251 g/mol. The summed E-state index contributed by atoms with van der Waals surface area (Å²) >= 11 is 0. The van der Waals surface area contributed by atoms with E-state index in [2.05, 4.69) is 0 Å². The molecule has 1 aromatic carbocycles. The second-order valence-electron chi connectivity index (χ2n) is 4.00. The molecule has 6 nitrogen and oxygen atoms in total. The topological polar surface area (TPSA) is 86.9 Å². The second-order valence-corrected chi connectivity index (χ2v) is 4.00. The number of urea groups is 1. The van der Waals surface area contributed by atoms with Gasteiger partial charge in [0.25, 0.3) is 0 Å². The molecule has 0 heterocycles. The van der Waals surface area contributed by atoms with Crippen molar-refractivity contribution in [3.8, 4) is 0 Å². The fourth-order valence-corrected chi connectivity index (χ4v) is 1.58. The molecule has 6 heteroatoms. The van der Waals surface area contributed by atoms with Gasteiger partial charge in [-0.25, -0.2) is 9.59 Å². The lowest BCUT2D eigenvalue weighted by molar-refractivity contribution is 0.0697. The molecule has 0 bridgehead atoms. The van der Waals surface area contributed by atoms with Crippen LogP contribution < -0.4 is 10.6 Å². The van der Waals surface area contributed by atoms with E-state index in [1.54, 1.807) is 20.2 Å². The summed E-state index contributed by atoms with van der Waals surface area (Å²) in [7, 11) is 3.29. The Morgan fingerprint density at radius 1 is 1.33 bits per heavy atom. The molecule has 0 unspecified atom stereocenters. The van der Waals surface area contributed by atoms with Crippen LogP contribution in [-0.4, -0.2) is 42.6 Å². The van der Waals surface area contributed by atoms with Crippen molar-refractivity contribution in [1.29, 1.82) is 0 Å². The van der Waals surface area contributed by atoms with Gasteiger partial charge >= 0.3 is 12.0 Å². The standard InChI is InChI=1S/C12H17N3O3/c1-4-15(12(18)14(2)3)10-6-5-8(11(16)17)7-9(10)13/h5-7H,4,13H2,1-3H3,(H,16,17). The fraction of sp³-hybridized carbons (Fsp3) is 0.333. The predicted octanol–water partition coefficient (Wildman–Crippen LogP) is 1.47. The largest absolute Gasteiger partial charge is 0.478 e. The van der Waals surface area contributed by atoms with Crippen molar-refractivity contribution in [2.45, 2.75) is 6.92 Å². The molecular weight excluding hydrogens is 234 g/mol. The summed E-state index contributed by atoms with van der Waals surface area (Å²) < 4.78 is 0. The van der Waals surface area contributed by atoms with Crippen LogP contribution in [0.3, 0.4) is 0 Å². The molecule has 0 aliphatic carbocycles. The SMILES string of the molecule is CCN(C(=O)N(C)C)c1ccc(C(=O)O)cc1N. The number of amides is 2. The zero-order valence-corrected chi connectivity index (χ0v) is 10.7. The van der Waals surface area contributed by atoms with Gasteiger partial charge in [0.1, 0.15) is 0 Å². The smallest absolute Gasteiger partial charge is 0.335 e. The number of benzene rings is 1. The van der Waals surface area contributed by atoms with Crippen LogP contribution in [0.25, 0.3) is 0 Å². The number of nitrogens with zero attached hydrogens (tertiary/aromatic N) is 2. The molecule has 0 spiro atoms. The summed E-state index contributed by atoms with van der Waals surface area (Å²) in [5.41, 5.74) is 6.68. The minimum atomic E-state index is -1.05. The Morgan fingerprint density at radius 2 is 1.94 bits per heavy atom. The van der Waals surface area contributed by atoms with Gasteiger partial charge in [-0.05, 0) is 25.1 Å². The first kappa shape index (κ1) is 13.8. The van der Waals surface area contributed by atoms with Crippen LogP contribution >= 0.6 is 0 Å². The van der Waals surface area contributed by atoms with E-state index >= 15 is 0 Å². The van der Waals surface area contributed by atoms with E-state index in [4.69, 9.17) is 10.8 Å². The number of rotatable bonds is 3. The minimum Gasteiger partial charge on any atom is -0.478 e. The van der Waals surface area contributed by atoms with E-state index in [0.717, 1.165) is 0 Å². The van der Waals surface area contributed by atoms with Gasteiger partial charge in [-0.2, -0.15) is 0 Å². The summed E-state index contributed by atoms with van der Waals surface area (Å²) in [5, 5.41) is 8.85. The van der Waals surface area contributed by atoms with Gasteiger partial charge in [0.15, 0.2) is 0 Å². The summed E-state index contributed by atoms with van der Waals surface area (Å²) in [5.74, 6) is -1.05. The maximum Gasteiger partial charge on any atom is 0.335 e. The van der Waals surface area contributed by atoms with E-state index in [0.29, 0.717) is 12.2 Å². The van der Waals surface area contributed by atoms with Crippen molar-refractivity contribution < 1.29 is 14.7 Å². The number of nitrogens with two attached hydrogens (primary N) is 1. The molecule has 18 heavy (non-hydrogen) atoms. The molecule has 0 aliphatic heterocycles. The highest BCUT2D eigenvalue weighted by molar-refractivity contribution is 5.97. The quantitative estimate of drug-likeness (QED) is 0.796. The Kier molecular flexibility index (Phi) is 4.14. The van der Waals surface area contributed by atoms with Crippen LogP contribution in [0.4, 0.5) is 16.2 Å². The molecule has 0 aromatic heterocycles. The van der Waals surface area contributed by atoms with Crippen molar-refractivity contribution >= 4 is 23.4 Å². The first-order valence-electron chi connectivity index (χ1n) is 5.50. The molecule has 2 amide bonds. The van der Waals surface area contributed by atoms with Gasteiger partial charge in [-0.15, -0.1) is 0 Å². The zero-order valence-electron chi connectivity index (χ0n) is 10.7. The predicted molar refractivity (Wildman–Crippen MR) is 69.9 cm³/mol. The number of carbonyl (C=O) groups excluding carboxylic acids is 1. The number of carboxylic acid groups (broad SMARTS) is 1. The van der Waals surface area contributed by atoms with E-state index < -0.39 is 5.97 Å². The van der Waals surface area contributed by atoms with Gasteiger partial charge in [-0.1, -0.05) is 0 Å². The number of hydrogen-bond acceptors (Lipinski definition) is 3. The van der Waals surface area contributed by atoms with Crippen LogP contribution in [-0.2, 0) is 0 Å². The molecule has 1 rings (SSSR count). The third-order valence-corrected chi connectivity index (χ3v) is 2.49. The highest BCUT2D eigenvalue weighted by atomic mass is 16.4. The van der Waals surface area contributed by atoms with Crippen molar-refractivity contribution in [2.75, 3.05) is 31.3 Å². The highest BCUT2D eigenvalue weighted by Gasteiger charge is 2.18. The first-order valence-corrected chi connectivity index (χ1v) is 5.50. The summed E-state index contributed by atoms with van der Waals surface area (Å²) in [6.07, 6.45) is 0. The number of hydrogen-bond donors (Lipinski definition) is 2. The number of carboxylic acids is 1. The highest BCUT2D eigenvalue weighted by Crippen LogP contribution is 2.25. The summed E-state index contributed by atoms with van der Waals surface area (Å²) in [6.45, 7) is 2.28. The van der Waals surface area contributed by atoms with Gasteiger partial charge in [0.2, 0.25) is 0 Å². The van der Waals surface area contributed by atoms with Gasteiger partial charge < -0.3 is 15.7 Å². The third kappa shape index (κ3) is 2.71. The molecule has 0 aliphatic rings. The average Bonchev–Trinajstić information content (AvgIpc) is 2.31. The number of nitrogen functional groups attached to an aromatic ring is 1. The Labute approximate surface area is 106 Å². The molecule has 3 N–H and O–H groups in total. The second kappa shape index (κ2) is 5.39. The molecule has 1 aromatic rings. The number of carbonyl (C=O) groups is 2. The number of anilines is 2. The van der Waals surface area contributed by atoms with Gasteiger partial charge in [-0.3, -0.25) is 4.90 Å². The molecule has 98 valence electrons. The number of aromatic carboxylic acids is 1. The van der Waals surface area contributed by atoms with Crippen LogP contribution in [0.1, 0.15) is 17.3 Å². The molecule has 0 fully saturated rings. The molecule has 0 atom stereocenters. The average molecular weight is 251 g/mol. The van der Waals surface area contributed by atoms with Gasteiger partial charge in [0.05, 0.1) is 16.9 Å². The molecule has 0 radical (unpaired) electrons. The molecule has 0 saturated carbocycles. The van der Waals surface area contributed by atoms with Crippen molar-refractivity contribution in [2.24, 2.45) is 0 Å². The Hall–Kier alpha value is -2.24. The van der Waals surface area contributed by atoms with Crippen LogP contribution in [0.2, 0.25) is 0 Å². The lowest BCUT2D eigenvalue weighted by atomic mass is 10.1. The lowest BCUT2D eigenvalue weighted by Crippen LogP contribution is -2.39. The third-order valence-electron chi connectivity index (χ3n) is 2.49. The van der Waals surface area contributed by atoms with Crippen molar-refractivity contribution in [1.82, 2.24) is 4.90 Å². The fourth-order valence-electron chi connectivity index (χ4n) is 1.58. The molecule has 0 saturated heterocycles. The first-order chi connectivity index (χ1) is 8.38. The van der Waals surface area contributed by atoms with Crippen LogP contribution in [0, 0.1) is 0 Å². The normalized spacial score (nSPS) is 9.94. The summed E-state index contributed by atoms with van der Waals surface area (Å²) in [6, 6.07) is 4.12. The van der Waals surface area contributed by atoms with E-state index in [-0.39, 0.29) is 17.3 Å². The van der Waals surface area contributed by atoms with Crippen molar-refractivity contribution in [3.05, 3.63) is 23.8 Å². The van der Waals surface area contributed by atoms with Crippen molar-refractivity contribution in [3.63, 3.8) is 0 Å².